The van der Waals surface area contributed by atoms with Crippen LogP contribution in [0.2, 0.25) is 0 Å². The van der Waals surface area contributed by atoms with Crippen LogP contribution in [-0.4, -0.2) is 29.2 Å². The third kappa shape index (κ3) is 3.84. The first-order chi connectivity index (χ1) is 16.1. The molecule has 0 spiro atoms. The van der Waals surface area contributed by atoms with Gasteiger partial charge < -0.3 is 19.8 Å². The molecule has 0 fully saturated rings. The Hall–Kier alpha value is -4.06. The van der Waals surface area contributed by atoms with Gasteiger partial charge in [-0.1, -0.05) is 30.3 Å². The minimum Gasteiger partial charge on any atom is -0.493 e. The highest BCUT2D eigenvalue weighted by atomic mass is 16.5. The van der Waals surface area contributed by atoms with Crippen molar-refractivity contribution in [1.82, 2.24) is 15.0 Å². The fraction of sp³-hybridized carbons (Fsp3) is 0.185. The number of aromatic amines is 1. The van der Waals surface area contributed by atoms with Gasteiger partial charge in [0.2, 0.25) is 0 Å². The number of benzene rings is 3. The highest BCUT2D eigenvalue weighted by Crippen LogP contribution is 2.35. The lowest BCUT2D eigenvalue weighted by molar-refractivity contribution is 0.356. The number of rotatable bonds is 6. The number of nitrogens with zero attached hydrogens (tertiary/aromatic N) is 2. The van der Waals surface area contributed by atoms with Gasteiger partial charge in [0.1, 0.15) is 11.6 Å². The second-order valence-electron chi connectivity index (χ2n) is 8.08. The summed E-state index contributed by atoms with van der Waals surface area (Å²) >= 11 is 0. The molecule has 1 atom stereocenters. The molecule has 6 heteroatoms. The quantitative estimate of drug-likeness (QED) is 0.327. The molecule has 3 aromatic carbocycles. The van der Waals surface area contributed by atoms with Crippen LogP contribution in [0.3, 0.4) is 0 Å². The molecule has 5 rings (SSSR count). The van der Waals surface area contributed by atoms with E-state index in [0.29, 0.717) is 17.3 Å². The summed E-state index contributed by atoms with van der Waals surface area (Å²) in [6.45, 7) is 4.03. The molecule has 0 aliphatic rings. The number of hydrogen-bond acceptors (Lipinski definition) is 5. The van der Waals surface area contributed by atoms with Crippen LogP contribution in [0.25, 0.3) is 32.9 Å². The summed E-state index contributed by atoms with van der Waals surface area (Å²) in [6, 6.07) is 20.9. The van der Waals surface area contributed by atoms with Crippen molar-refractivity contribution in [2.45, 2.75) is 19.9 Å². The first-order valence-corrected chi connectivity index (χ1v) is 10.9. The molecule has 33 heavy (non-hydrogen) atoms. The van der Waals surface area contributed by atoms with E-state index >= 15 is 0 Å². The molecule has 0 aliphatic carbocycles. The number of hydrogen-bond donors (Lipinski definition) is 2. The van der Waals surface area contributed by atoms with Crippen LogP contribution in [0.4, 0.5) is 5.82 Å². The fourth-order valence-electron chi connectivity index (χ4n) is 4.28. The summed E-state index contributed by atoms with van der Waals surface area (Å²) in [7, 11) is 3.25. The number of nitrogens with one attached hydrogen (secondary N) is 2. The molecular formula is C27H26N4O2. The Kier molecular flexibility index (Phi) is 5.34. The van der Waals surface area contributed by atoms with E-state index in [4.69, 9.17) is 9.47 Å². The summed E-state index contributed by atoms with van der Waals surface area (Å²) in [6.07, 6.45) is 1.98. The minimum absolute atomic E-state index is 0.0287. The monoisotopic (exact) mass is 438 g/mol. The highest BCUT2D eigenvalue weighted by Gasteiger charge is 2.15. The van der Waals surface area contributed by atoms with Gasteiger partial charge in [0.05, 0.1) is 19.7 Å². The van der Waals surface area contributed by atoms with Crippen LogP contribution >= 0.6 is 0 Å². The lowest BCUT2D eigenvalue weighted by Crippen LogP contribution is -2.10. The Morgan fingerprint density at radius 2 is 1.67 bits per heavy atom. The molecule has 0 radical (unpaired) electrons. The largest absolute Gasteiger partial charge is 0.493 e. The zero-order valence-corrected chi connectivity index (χ0v) is 19.1. The van der Waals surface area contributed by atoms with Gasteiger partial charge in [-0.15, -0.1) is 0 Å². The molecule has 2 aromatic heterocycles. The second kappa shape index (κ2) is 8.47. The lowest BCUT2D eigenvalue weighted by Gasteiger charge is -2.18. The maximum Gasteiger partial charge on any atom is 0.162 e. The molecular weight excluding hydrogens is 412 g/mol. The highest BCUT2D eigenvalue weighted by molar-refractivity contribution is 5.95. The Morgan fingerprint density at radius 3 is 2.48 bits per heavy atom. The molecule has 2 N–H and O–H groups in total. The molecule has 0 saturated carbocycles. The Balaban J connectivity index is 1.52. The predicted molar refractivity (Wildman–Crippen MR) is 133 cm³/mol. The van der Waals surface area contributed by atoms with E-state index in [2.05, 4.69) is 75.7 Å². The summed E-state index contributed by atoms with van der Waals surface area (Å²) in [5, 5.41) is 5.69. The molecule has 0 aliphatic heterocycles. The summed E-state index contributed by atoms with van der Waals surface area (Å²) in [4.78, 5) is 12.6. The van der Waals surface area contributed by atoms with Gasteiger partial charge in [-0.3, -0.25) is 0 Å². The predicted octanol–water partition coefficient (Wildman–Crippen LogP) is 6.28. The van der Waals surface area contributed by atoms with Gasteiger partial charge in [-0.2, -0.15) is 0 Å². The van der Waals surface area contributed by atoms with Gasteiger partial charge in [0.25, 0.3) is 0 Å². The minimum atomic E-state index is 0.0287. The third-order valence-corrected chi connectivity index (χ3v) is 5.96. The topological polar surface area (TPSA) is 72.1 Å². The van der Waals surface area contributed by atoms with Crippen LogP contribution in [-0.2, 0) is 0 Å². The number of aromatic nitrogens is 3. The molecule has 0 saturated heterocycles. The zero-order chi connectivity index (χ0) is 22.9. The molecule has 5 aromatic rings. The number of anilines is 1. The van der Waals surface area contributed by atoms with Crippen molar-refractivity contribution in [2.75, 3.05) is 19.5 Å². The summed E-state index contributed by atoms with van der Waals surface area (Å²) in [5.74, 6) is 2.75. The Labute approximate surface area is 192 Å². The van der Waals surface area contributed by atoms with Crippen molar-refractivity contribution >= 4 is 27.6 Å². The standard InChI is InChI=1S/C27H26N4O2/c1-16(18-7-5-8-19(13-18)20-9-6-10-23-21(20)11-12-28-23)29-27-22-14-25(32-3)26(33-4)15-24(22)30-17(2)31-27/h5-16,28H,1-4H3,(H,29,30,31)/t16-/m1/s1. The fourth-order valence-corrected chi connectivity index (χ4v) is 4.28. The first kappa shape index (κ1) is 20.8. The molecule has 0 unspecified atom stereocenters. The third-order valence-electron chi connectivity index (χ3n) is 5.96. The first-order valence-electron chi connectivity index (χ1n) is 10.9. The average molecular weight is 439 g/mol. The average Bonchev–Trinajstić information content (AvgIpc) is 3.32. The maximum atomic E-state index is 5.50. The van der Waals surface area contributed by atoms with E-state index in [1.54, 1.807) is 14.2 Å². The van der Waals surface area contributed by atoms with E-state index < -0.39 is 0 Å². The number of aryl methyl sites for hydroxylation is 1. The number of fused-ring (bicyclic) bond motifs is 2. The SMILES string of the molecule is COc1cc2nc(C)nc(N[C@H](C)c3cccc(-c4cccc5[nH]ccc45)c3)c2cc1OC. The maximum absolute atomic E-state index is 5.50. The van der Waals surface area contributed by atoms with Gasteiger partial charge in [0, 0.05) is 34.6 Å². The van der Waals surface area contributed by atoms with E-state index in [9.17, 15) is 0 Å². The van der Waals surface area contributed by atoms with Crippen molar-refractivity contribution in [1.29, 1.82) is 0 Å². The van der Waals surface area contributed by atoms with Gasteiger partial charge in [-0.05, 0) is 54.8 Å². The summed E-state index contributed by atoms with van der Waals surface area (Å²) in [5.41, 5.74) is 5.51. The van der Waals surface area contributed by atoms with Gasteiger partial charge >= 0.3 is 0 Å². The molecule has 2 heterocycles. The van der Waals surface area contributed by atoms with Crippen molar-refractivity contribution < 1.29 is 9.47 Å². The van der Waals surface area contributed by atoms with Crippen LogP contribution in [0, 0.1) is 6.92 Å². The van der Waals surface area contributed by atoms with Crippen molar-refractivity contribution in [2.24, 2.45) is 0 Å². The van der Waals surface area contributed by atoms with Crippen molar-refractivity contribution in [3.63, 3.8) is 0 Å². The van der Waals surface area contributed by atoms with E-state index in [0.717, 1.165) is 22.2 Å². The molecule has 0 amide bonds. The van der Waals surface area contributed by atoms with E-state index in [1.807, 2.05) is 25.3 Å². The molecule has 0 bridgehead atoms. The lowest BCUT2D eigenvalue weighted by atomic mass is 9.97. The van der Waals surface area contributed by atoms with E-state index in [1.165, 1.54) is 22.1 Å². The van der Waals surface area contributed by atoms with Crippen LogP contribution in [0.15, 0.2) is 66.9 Å². The summed E-state index contributed by atoms with van der Waals surface area (Å²) < 4.78 is 10.9. The van der Waals surface area contributed by atoms with E-state index in [-0.39, 0.29) is 6.04 Å². The number of ether oxygens (including phenoxy) is 2. The van der Waals surface area contributed by atoms with Crippen molar-refractivity contribution in [3.8, 4) is 22.6 Å². The number of methoxy groups -OCH3 is 2. The normalized spacial score (nSPS) is 12.1. The molecule has 6 nitrogen and oxygen atoms in total. The zero-order valence-electron chi connectivity index (χ0n) is 19.1. The second-order valence-corrected chi connectivity index (χ2v) is 8.08. The smallest absolute Gasteiger partial charge is 0.162 e. The number of H-pyrrole nitrogens is 1. The van der Waals surface area contributed by atoms with Crippen LogP contribution in [0.5, 0.6) is 11.5 Å². The van der Waals surface area contributed by atoms with Gasteiger partial charge in [-0.25, -0.2) is 9.97 Å². The van der Waals surface area contributed by atoms with Crippen LogP contribution in [0.1, 0.15) is 24.4 Å². The van der Waals surface area contributed by atoms with Crippen LogP contribution < -0.4 is 14.8 Å². The Bertz CT molecular complexity index is 1460. The molecule has 166 valence electrons. The van der Waals surface area contributed by atoms with Crippen molar-refractivity contribution in [3.05, 3.63) is 78.2 Å². The van der Waals surface area contributed by atoms with Gasteiger partial charge in [0.15, 0.2) is 11.5 Å². The Morgan fingerprint density at radius 1 is 0.879 bits per heavy atom.